The van der Waals surface area contributed by atoms with Crippen molar-refractivity contribution in [1.29, 1.82) is 5.26 Å². The number of aliphatic hydroxyl groups is 1. The van der Waals surface area contributed by atoms with Gasteiger partial charge in [0.25, 0.3) is 6.33 Å². The zero-order valence-corrected chi connectivity index (χ0v) is 32.4. The van der Waals surface area contributed by atoms with Crippen LogP contribution in [0.1, 0.15) is 79.3 Å². The molecule has 1 fully saturated rings. The van der Waals surface area contributed by atoms with Crippen LogP contribution in [0.5, 0.6) is 5.75 Å². The highest BCUT2D eigenvalue weighted by Crippen LogP contribution is 2.41. The van der Waals surface area contributed by atoms with Gasteiger partial charge < -0.3 is 14.6 Å². The number of halogens is 2. The average Bonchev–Trinajstić information content (AvgIpc) is 3.91. The average molecular weight is 770 g/mol. The number of nitriles is 1. The lowest BCUT2D eigenvalue weighted by Crippen LogP contribution is -2.44. The fourth-order valence-electron chi connectivity index (χ4n) is 6.83. The molecule has 2 aromatic heterocycles. The van der Waals surface area contributed by atoms with E-state index in [1.807, 2.05) is 31.4 Å². The zero-order chi connectivity index (χ0) is 39.7. The number of aromatic nitrogens is 4. The van der Waals surface area contributed by atoms with Gasteiger partial charge in [0, 0.05) is 40.1 Å². The van der Waals surface area contributed by atoms with E-state index >= 15 is 4.39 Å². The molecule has 5 aromatic rings. The van der Waals surface area contributed by atoms with Crippen molar-refractivity contribution in [2.45, 2.75) is 90.6 Å². The summed E-state index contributed by atoms with van der Waals surface area (Å²) in [5.41, 5.74) is 1.63. The molecule has 1 aliphatic rings. The Morgan fingerprint density at radius 3 is 2.47 bits per heavy atom. The van der Waals surface area contributed by atoms with Crippen LogP contribution in [-0.2, 0) is 28.2 Å². The van der Waals surface area contributed by atoms with Gasteiger partial charge in [0.15, 0.2) is 0 Å². The summed E-state index contributed by atoms with van der Waals surface area (Å²) in [6.45, 7) is 11.4. The molecule has 6 rings (SSSR count). The van der Waals surface area contributed by atoms with Gasteiger partial charge in [0.05, 0.1) is 28.9 Å². The number of carbonyl (C=O) groups excluding carboxylic acids is 2. The van der Waals surface area contributed by atoms with Crippen molar-refractivity contribution >= 4 is 23.4 Å². The first-order chi connectivity index (χ1) is 26.0. The SMILES string of the molecule is Cc1cc(C[n+]2cnn(C[C@](O)(c3ccc(F)cc3F)[C@@H](C)c3nc(-c4ccc(C#N)cc4)cs3)c2)cc(C)c1OC(=O)[C@@H]1CCCN1C(=O)OC(C)(C)C. The molecule has 14 heteroatoms. The first-order valence-electron chi connectivity index (χ1n) is 17.9. The highest BCUT2D eigenvalue weighted by Gasteiger charge is 2.43. The van der Waals surface area contributed by atoms with Crippen LogP contribution >= 0.6 is 11.3 Å². The topological polar surface area (TPSA) is 134 Å². The lowest BCUT2D eigenvalue weighted by molar-refractivity contribution is -0.689. The zero-order valence-electron chi connectivity index (χ0n) is 31.5. The van der Waals surface area contributed by atoms with E-state index < -0.39 is 46.9 Å². The summed E-state index contributed by atoms with van der Waals surface area (Å²) in [5, 5.41) is 28.4. The fourth-order valence-corrected chi connectivity index (χ4v) is 7.80. The van der Waals surface area contributed by atoms with Gasteiger partial charge in [-0.3, -0.25) is 4.90 Å². The van der Waals surface area contributed by atoms with Gasteiger partial charge in [-0.1, -0.05) is 25.1 Å². The van der Waals surface area contributed by atoms with Crippen LogP contribution in [-0.4, -0.2) is 55.0 Å². The van der Waals surface area contributed by atoms with Gasteiger partial charge in [-0.05, 0) is 94.5 Å². The molecular weight excluding hydrogens is 727 g/mol. The molecule has 3 atom stereocenters. The molecule has 0 bridgehead atoms. The number of hydrogen-bond acceptors (Lipinski definition) is 9. The lowest BCUT2D eigenvalue weighted by atomic mass is 9.82. The lowest BCUT2D eigenvalue weighted by Gasteiger charge is -2.32. The van der Waals surface area contributed by atoms with Crippen LogP contribution in [0.2, 0.25) is 0 Å². The summed E-state index contributed by atoms with van der Waals surface area (Å²) < 4.78 is 44.1. The second kappa shape index (κ2) is 15.7. The molecule has 1 aliphatic heterocycles. The van der Waals surface area contributed by atoms with E-state index in [4.69, 9.17) is 19.7 Å². The number of aryl methyl sites for hydroxylation is 2. The maximum absolute atomic E-state index is 15.4. The Morgan fingerprint density at radius 2 is 1.82 bits per heavy atom. The van der Waals surface area contributed by atoms with Gasteiger partial charge in [-0.25, -0.2) is 27.9 Å². The van der Waals surface area contributed by atoms with Gasteiger partial charge in [0.2, 0.25) is 6.33 Å². The van der Waals surface area contributed by atoms with E-state index in [9.17, 15) is 19.1 Å². The maximum Gasteiger partial charge on any atom is 0.411 e. The van der Waals surface area contributed by atoms with E-state index in [1.54, 1.807) is 69.2 Å². The highest BCUT2D eigenvalue weighted by atomic mass is 32.1. The van der Waals surface area contributed by atoms with Crippen LogP contribution in [0.15, 0.2) is 72.6 Å². The largest absolute Gasteiger partial charge is 0.444 e. The molecule has 1 amide bonds. The predicted octanol–water partition coefficient (Wildman–Crippen LogP) is 7.11. The third kappa shape index (κ3) is 8.74. The van der Waals surface area contributed by atoms with Crippen LogP contribution < -0.4 is 9.30 Å². The van der Waals surface area contributed by atoms with Crippen LogP contribution in [0.25, 0.3) is 11.3 Å². The smallest absolute Gasteiger partial charge is 0.411 e. The molecular formula is C41H43F2N6O5S+. The Bertz CT molecular complexity index is 2240. The number of thiazole rings is 1. The van der Waals surface area contributed by atoms with Crippen molar-refractivity contribution < 1.29 is 37.5 Å². The number of amides is 1. The predicted molar refractivity (Wildman–Crippen MR) is 200 cm³/mol. The number of hydrogen-bond donors (Lipinski definition) is 1. The summed E-state index contributed by atoms with van der Waals surface area (Å²) in [7, 11) is 0. The van der Waals surface area contributed by atoms with Crippen LogP contribution in [0, 0.1) is 36.8 Å². The van der Waals surface area contributed by atoms with E-state index in [0.29, 0.717) is 47.9 Å². The first-order valence-corrected chi connectivity index (χ1v) is 18.8. The summed E-state index contributed by atoms with van der Waals surface area (Å²) in [6, 6.07) is 15.2. The van der Waals surface area contributed by atoms with E-state index in [2.05, 4.69) is 11.2 Å². The van der Waals surface area contributed by atoms with E-state index in [1.165, 1.54) is 27.0 Å². The fraction of sp³-hybridized carbons (Fsp3) is 0.366. The normalized spacial score (nSPS) is 16.0. The molecule has 0 unspecified atom stereocenters. The van der Waals surface area contributed by atoms with Crippen molar-refractivity contribution in [2.75, 3.05) is 6.54 Å². The van der Waals surface area contributed by atoms with Crippen LogP contribution in [0.3, 0.4) is 0 Å². The molecule has 1 N–H and O–H groups in total. The maximum atomic E-state index is 15.4. The van der Waals surface area contributed by atoms with Gasteiger partial charge in [-0.2, -0.15) is 5.26 Å². The number of carbonyl (C=O) groups is 2. The molecule has 1 saturated heterocycles. The Kier molecular flexibility index (Phi) is 11.2. The Hall–Kier alpha value is -5.52. The minimum absolute atomic E-state index is 0.0956. The minimum Gasteiger partial charge on any atom is -0.444 e. The highest BCUT2D eigenvalue weighted by molar-refractivity contribution is 7.10. The number of nitrogens with zero attached hydrogens (tertiary/aromatic N) is 6. The molecule has 0 aliphatic carbocycles. The molecule has 286 valence electrons. The number of rotatable bonds is 10. The third-order valence-corrected chi connectivity index (χ3v) is 10.6. The second-order valence-corrected chi connectivity index (χ2v) is 15.8. The minimum atomic E-state index is -1.89. The number of esters is 1. The summed E-state index contributed by atoms with van der Waals surface area (Å²) in [4.78, 5) is 32.2. The van der Waals surface area contributed by atoms with Crippen molar-refractivity contribution in [1.82, 2.24) is 19.7 Å². The molecule has 3 aromatic carbocycles. The Labute approximate surface area is 322 Å². The molecule has 55 heavy (non-hydrogen) atoms. The number of benzene rings is 3. The Balaban J connectivity index is 1.19. The van der Waals surface area contributed by atoms with Gasteiger partial charge >= 0.3 is 12.1 Å². The van der Waals surface area contributed by atoms with Crippen molar-refractivity contribution in [3.63, 3.8) is 0 Å². The molecule has 0 spiro atoms. The summed E-state index contributed by atoms with van der Waals surface area (Å²) in [5.74, 6) is -2.49. The molecule has 0 radical (unpaired) electrons. The quantitative estimate of drug-likeness (QED) is 0.0903. The number of ether oxygens (including phenoxy) is 2. The van der Waals surface area contributed by atoms with Crippen molar-refractivity contribution in [3.05, 3.63) is 117 Å². The van der Waals surface area contributed by atoms with E-state index in [-0.39, 0.29) is 12.1 Å². The standard InChI is InChI=1S/C41H43F2N6O5S/c1-25-16-29(17-26(2)36(25)53-38(50)35-8-7-15-49(35)39(51)54-40(4,5)6)20-47-23-45-48(24-47)22-41(52,32-14-13-31(42)18-33(32)43)27(3)37-46-34(21-55-37)30-11-9-28(19-44)10-12-30/h9-14,16-18,21,23-24,27,35,52H,7-8,15,20,22H2,1-6H3/q+1/t27-,35-,41+/m0/s1. The van der Waals surface area contributed by atoms with E-state index in [0.717, 1.165) is 34.4 Å². The van der Waals surface area contributed by atoms with Crippen molar-refractivity contribution in [3.8, 4) is 23.1 Å². The summed E-state index contributed by atoms with van der Waals surface area (Å²) >= 11 is 1.31. The first kappa shape index (κ1) is 39.2. The second-order valence-electron chi connectivity index (χ2n) is 15.0. The molecule has 3 heterocycles. The Morgan fingerprint density at radius 1 is 1.11 bits per heavy atom. The van der Waals surface area contributed by atoms with Gasteiger partial charge in [-0.15, -0.1) is 16.0 Å². The molecule has 11 nitrogen and oxygen atoms in total. The third-order valence-electron chi connectivity index (χ3n) is 9.59. The van der Waals surface area contributed by atoms with Crippen LogP contribution in [0.4, 0.5) is 13.6 Å². The monoisotopic (exact) mass is 769 g/mol. The summed E-state index contributed by atoms with van der Waals surface area (Å²) in [6.07, 6.45) is 3.89. The molecule has 0 saturated carbocycles. The van der Waals surface area contributed by atoms with Crippen molar-refractivity contribution in [2.24, 2.45) is 0 Å². The number of likely N-dealkylation sites (tertiary alicyclic amines) is 1. The van der Waals surface area contributed by atoms with Gasteiger partial charge in [0.1, 0.15) is 41.2 Å².